The van der Waals surface area contributed by atoms with Gasteiger partial charge in [-0.05, 0) is 46.2 Å². The first-order valence-corrected chi connectivity index (χ1v) is 11.7. The lowest BCUT2D eigenvalue weighted by Gasteiger charge is -2.16. The summed E-state index contributed by atoms with van der Waals surface area (Å²) in [6.45, 7) is 14.7. The minimum atomic E-state index is -0.196. The standard InChI is InChI=1S/C22H39N5OS/c1-6-18(4)16-24-22(25-19(5)28)23-14-11-9-10-12-20-17-29-21(26-20)13-15-27(7-2)8-3/h6,17H,7-16H2,1-5H3,(H2,23,24,25,28). The molecule has 164 valence electrons. The number of aromatic nitrogens is 1. The zero-order chi connectivity index (χ0) is 21.5. The number of thiazole rings is 1. The predicted octanol–water partition coefficient (Wildman–Crippen LogP) is 3.79. The molecule has 0 saturated heterocycles. The van der Waals surface area contributed by atoms with Crippen LogP contribution in [0.15, 0.2) is 22.0 Å². The van der Waals surface area contributed by atoms with Crippen LogP contribution in [0.3, 0.4) is 0 Å². The van der Waals surface area contributed by atoms with E-state index in [0.29, 0.717) is 12.5 Å². The van der Waals surface area contributed by atoms with Gasteiger partial charge < -0.3 is 15.5 Å². The van der Waals surface area contributed by atoms with Gasteiger partial charge in [-0.25, -0.2) is 4.98 Å². The van der Waals surface area contributed by atoms with Gasteiger partial charge in [-0.2, -0.15) is 4.99 Å². The molecular weight excluding hydrogens is 382 g/mol. The fourth-order valence-corrected chi connectivity index (χ4v) is 3.63. The molecule has 1 aromatic heterocycles. The van der Waals surface area contributed by atoms with Crippen LogP contribution in [-0.4, -0.2) is 54.5 Å². The molecule has 0 unspecified atom stereocenters. The van der Waals surface area contributed by atoms with Crippen molar-refractivity contribution in [1.82, 2.24) is 20.5 Å². The average Bonchev–Trinajstić information content (AvgIpc) is 3.16. The molecule has 0 spiro atoms. The van der Waals surface area contributed by atoms with E-state index in [1.807, 2.05) is 19.9 Å². The van der Waals surface area contributed by atoms with Crippen LogP contribution in [0, 0.1) is 0 Å². The number of unbranched alkanes of at least 4 members (excludes halogenated alkanes) is 2. The van der Waals surface area contributed by atoms with Crippen molar-refractivity contribution in [3.05, 3.63) is 27.7 Å². The first-order chi connectivity index (χ1) is 14.0. The number of allylic oxidation sites excluding steroid dienone is 1. The summed E-state index contributed by atoms with van der Waals surface area (Å²) < 4.78 is 0. The summed E-state index contributed by atoms with van der Waals surface area (Å²) in [6, 6.07) is 0. The molecule has 2 N–H and O–H groups in total. The van der Waals surface area contributed by atoms with Crippen LogP contribution < -0.4 is 10.6 Å². The van der Waals surface area contributed by atoms with E-state index < -0.39 is 0 Å². The first-order valence-electron chi connectivity index (χ1n) is 10.8. The van der Waals surface area contributed by atoms with Crippen molar-refractivity contribution in [3.8, 4) is 0 Å². The largest absolute Gasteiger partial charge is 0.356 e. The van der Waals surface area contributed by atoms with Gasteiger partial charge in [0.1, 0.15) is 0 Å². The highest BCUT2D eigenvalue weighted by atomic mass is 32.1. The predicted molar refractivity (Wildman–Crippen MR) is 125 cm³/mol. The lowest BCUT2D eigenvalue weighted by atomic mass is 10.1. The highest BCUT2D eigenvalue weighted by Gasteiger charge is 2.05. The third-order valence-electron chi connectivity index (χ3n) is 4.83. The first kappa shape index (κ1) is 25.3. The molecule has 6 nitrogen and oxygen atoms in total. The SMILES string of the molecule is CC=C(C)CNC(=NC(C)=O)NCCCCCc1csc(CCN(CC)CC)n1. The monoisotopic (exact) mass is 421 g/mol. The number of hydrogen-bond acceptors (Lipinski definition) is 4. The van der Waals surface area contributed by atoms with E-state index in [1.165, 1.54) is 23.2 Å². The molecule has 0 atom stereocenters. The molecule has 1 amide bonds. The third-order valence-corrected chi connectivity index (χ3v) is 5.79. The smallest absolute Gasteiger partial charge is 0.245 e. The van der Waals surface area contributed by atoms with Gasteiger partial charge in [0.05, 0.1) is 10.7 Å². The van der Waals surface area contributed by atoms with E-state index in [9.17, 15) is 4.79 Å². The Morgan fingerprint density at radius 2 is 1.93 bits per heavy atom. The second-order valence-electron chi connectivity index (χ2n) is 7.21. The Balaban J connectivity index is 2.24. The highest BCUT2D eigenvalue weighted by molar-refractivity contribution is 7.09. The van der Waals surface area contributed by atoms with E-state index in [1.54, 1.807) is 11.3 Å². The van der Waals surface area contributed by atoms with Gasteiger partial charge in [0.2, 0.25) is 5.91 Å². The van der Waals surface area contributed by atoms with Gasteiger partial charge in [0, 0.05) is 38.4 Å². The second-order valence-corrected chi connectivity index (χ2v) is 8.16. The molecule has 7 heteroatoms. The summed E-state index contributed by atoms with van der Waals surface area (Å²) in [5.41, 5.74) is 2.43. The van der Waals surface area contributed by atoms with Crippen molar-refractivity contribution >= 4 is 23.2 Å². The number of carbonyl (C=O) groups is 1. The molecule has 0 bridgehead atoms. The number of guanidine groups is 1. The Hall–Kier alpha value is -1.73. The van der Waals surface area contributed by atoms with Crippen molar-refractivity contribution in [2.24, 2.45) is 4.99 Å². The van der Waals surface area contributed by atoms with Gasteiger partial charge in [-0.3, -0.25) is 4.79 Å². The van der Waals surface area contributed by atoms with Gasteiger partial charge in [0.15, 0.2) is 5.96 Å². The molecule has 1 heterocycles. The summed E-state index contributed by atoms with van der Waals surface area (Å²) in [5, 5.41) is 9.89. The number of carbonyl (C=O) groups excluding carboxylic acids is 1. The van der Waals surface area contributed by atoms with Crippen molar-refractivity contribution < 1.29 is 4.79 Å². The van der Waals surface area contributed by atoms with Gasteiger partial charge in [0.25, 0.3) is 0 Å². The molecule has 0 aromatic carbocycles. The third kappa shape index (κ3) is 11.8. The zero-order valence-corrected chi connectivity index (χ0v) is 19.7. The van der Waals surface area contributed by atoms with E-state index in [4.69, 9.17) is 4.98 Å². The highest BCUT2D eigenvalue weighted by Crippen LogP contribution is 2.13. The average molecular weight is 422 g/mol. The Labute approximate surface area is 180 Å². The fourth-order valence-electron chi connectivity index (χ4n) is 2.81. The number of nitrogens with one attached hydrogen (secondary N) is 2. The molecule has 0 saturated carbocycles. The number of aryl methyl sites for hydroxylation is 1. The number of aliphatic imine (C=N–C) groups is 1. The molecular formula is C22H39N5OS. The van der Waals surface area contributed by atoms with Crippen molar-refractivity contribution in [2.45, 2.75) is 66.7 Å². The van der Waals surface area contributed by atoms with Crippen LogP contribution in [0.2, 0.25) is 0 Å². The molecule has 1 rings (SSSR count). The molecule has 0 aliphatic rings. The number of amides is 1. The van der Waals surface area contributed by atoms with E-state index >= 15 is 0 Å². The minimum absolute atomic E-state index is 0.196. The number of hydrogen-bond donors (Lipinski definition) is 2. The summed E-state index contributed by atoms with van der Waals surface area (Å²) in [6.07, 6.45) is 7.43. The summed E-state index contributed by atoms with van der Waals surface area (Å²) >= 11 is 1.79. The van der Waals surface area contributed by atoms with E-state index in [0.717, 1.165) is 58.3 Å². The zero-order valence-electron chi connectivity index (χ0n) is 18.9. The second kappa shape index (κ2) is 15.2. The fraction of sp³-hybridized carbons (Fsp3) is 0.682. The molecule has 0 radical (unpaired) electrons. The molecule has 0 aliphatic heterocycles. The van der Waals surface area contributed by atoms with Crippen molar-refractivity contribution in [2.75, 3.05) is 32.7 Å². The van der Waals surface area contributed by atoms with Crippen LogP contribution in [0.5, 0.6) is 0 Å². The topological polar surface area (TPSA) is 69.6 Å². The molecule has 0 fully saturated rings. The Kier molecular flexibility index (Phi) is 13.2. The Bertz CT molecular complexity index is 649. The lowest BCUT2D eigenvalue weighted by Crippen LogP contribution is -2.39. The van der Waals surface area contributed by atoms with Crippen LogP contribution in [0.1, 0.15) is 64.6 Å². The number of rotatable bonds is 13. The number of likely N-dealkylation sites (N-methyl/N-ethyl adjacent to an activating group) is 1. The van der Waals surface area contributed by atoms with Gasteiger partial charge in [-0.15, -0.1) is 11.3 Å². The minimum Gasteiger partial charge on any atom is -0.356 e. The quantitative estimate of drug-likeness (QED) is 0.219. The van der Waals surface area contributed by atoms with E-state index in [2.05, 4.69) is 39.8 Å². The maximum atomic E-state index is 11.3. The van der Waals surface area contributed by atoms with Crippen LogP contribution in [0.4, 0.5) is 0 Å². The van der Waals surface area contributed by atoms with Crippen LogP contribution in [0.25, 0.3) is 0 Å². The summed E-state index contributed by atoms with van der Waals surface area (Å²) in [5.74, 6) is 0.370. The maximum Gasteiger partial charge on any atom is 0.245 e. The molecule has 29 heavy (non-hydrogen) atoms. The van der Waals surface area contributed by atoms with Crippen molar-refractivity contribution in [3.63, 3.8) is 0 Å². The van der Waals surface area contributed by atoms with Gasteiger partial charge in [-0.1, -0.05) is 31.9 Å². The number of nitrogens with zero attached hydrogens (tertiary/aromatic N) is 3. The molecule has 1 aromatic rings. The Morgan fingerprint density at radius 1 is 1.17 bits per heavy atom. The normalized spacial score (nSPS) is 12.5. The maximum absolute atomic E-state index is 11.3. The van der Waals surface area contributed by atoms with Gasteiger partial charge >= 0.3 is 0 Å². The van der Waals surface area contributed by atoms with Crippen LogP contribution >= 0.6 is 11.3 Å². The summed E-state index contributed by atoms with van der Waals surface area (Å²) in [4.78, 5) is 22.5. The molecule has 0 aliphatic carbocycles. The summed E-state index contributed by atoms with van der Waals surface area (Å²) in [7, 11) is 0. The van der Waals surface area contributed by atoms with Crippen LogP contribution in [-0.2, 0) is 17.6 Å². The Morgan fingerprint density at radius 3 is 2.59 bits per heavy atom. The lowest BCUT2D eigenvalue weighted by molar-refractivity contribution is -0.115. The van der Waals surface area contributed by atoms with Crippen molar-refractivity contribution in [1.29, 1.82) is 0 Å². The van der Waals surface area contributed by atoms with E-state index in [-0.39, 0.29) is 5.91 Å².